The van der Waals surface area contributed by atoms with Crippen LogP contribution in [0, 0.1) is 5.92 Å². The lowest BCUT2D eigenvalue weighted by molar-refractivity contribution is -0.123. The lowest BCUT2D eigenvalue weighted by Gasteiger charge is -2.23. The molecular weight excluding hydrogens is 190 g/mol. The molecule has 0 aromatic rings. The molecule has 2 aliphatic heterocycles. The maximum atomic E-state index is 11.7. The first-order valence-electron chi connectivity index (χ1n) is 6.08. The van der Waals surface area contributed by atoms with E-state index in [0.29, 0.717) is 5.92 Å². The number of hydrogen-bond donors (Lipinski definition) is 3. The quantitative estimate of drug-likeness (QED) is 0.609. The number of amides is 1. The lowest BCUT2D eigenvalue weighted by atomic mass is 9.98. The minimum Gasteiger partial charge on any atom is -0.354 e. The molecule has 2 heterocycles. The maximum Gasteiger partial charge on any atom is 0.237 e. The molecule has 0 aromatic heterocycles. The van der Waals surface area contributed by atoms with E-state index in [1.54, 1.807) is 0 Å². The zero-order valence-corrected chi connectivity index (χ0v) is 9.22. The molecule has 0 unspecified atom stereocenters. The van der Waals surface area contributed by atoms with Crippen LogP contribution in [0.3, 0.4) is 0 Å². The van der Waals surface area contributed by atoms with Gasteiger partial charge in [0.05, 0.1) is 6.04 Å². The fourth-order valence-corrected chi connectivity index (χ4v) is 2.36. The summed E-state index contributed by atoms with van der Waals surface area (Å²) in [5.41, 5.74) is 0. The normalized spacial score (nSPS) is 27.9. The summed E-state index contributed by atoms with van der Waals surface area (Å²) < 4.78 is 0. The molecule has 1 atom stereocenters. The number of hydrogen-bond acceptors (Lipinski definition) is 3. The van der Waals surface area contributed by atoms with E-state index < -0.39 is 0 Å². The predicted octanol–water partition coefficient (Wildman–Crippen LogP) is -0.146. The Morgan fingerprint density at radius 1 is 1.20 bits per heavy atom. The van der Waals surface area contributed by atoms with Crippen molar-refractivity contribution in [3.63, 3.8) is 0 Å². The molecule has 2 aliphatic rings. The van der Waals surface area contributed by atoms with Crippen LogP contribution in [0.2, 0.25) is 0 Å². The van der Waals surface area contributed by atoms with E-state index >= 15 is 0 Å². The Bertz CT molecular complexity index is 208. The van der Waals surface area contributed by atoms with E-state index in [-0.39, 0.29) is 11.9 Å². The van der Waals surface area contributed by atoms with Gasteiger partial charge in [0.2, 0.25) is 5.91 Å². The first kappa shape index (κ1) is 10.9. The van der Waals surface area contributed by atoms with Crippen LogP contribution < -0.4 is 16.0 Å². The van der Waals surface area contributed by atoms with Crippen LogP contribution in [-0.2, 0) is 4.79 Å². The molecule has 0 radical (unpaired) electrons. The van der Waals surface area contributed by atoms with Crippen molar-refractivity contribution in [3.05, 3.63) is 0 Å². The molecule has 2 rings (SSSR count). The summed E-state index contributed by atoms with van der Waals surface area (Å²) >= 11 is 0. The lowest BCUT2D eigenvalue weighted by Crippen LogP contribution is -2.43. The number of piperidine rings is 1. The van der Waals surface area contributed by atoms with Crippen LogP contribution in [0.5, 0.6) is 0 Å². The summed E-state index contributed by atoms with van der Waals surface area (Å²) in [5.74, 6) is 0.877. The number of carbonyl (C=O) groups excluding carboxylic acids is 1. The molecule has 2 fully saturated rings. The van der Waals surface area contributed by atoms with Gasteiger partial charge in [0.25, 0.3) is 0 Å². The summed E-state index contributed by atoms with van der Waals surface area (Å²) in [7, 11) is 0. The zero-order valence-electron chi connectivity index (χ0n) is 9.22. The van der Waals surface area contributed by atoms with E-state index in [1.165, 1.54) is 12.8 Å². The van der Waals surface area contributed by atoms with E-state index in [1.807, 2.05) is 0 Å². The van der Waals surface area contributed by atoms with Crippen LogP contribution in [0.15, 0.2) is 0 Å². The zero-order chi connectivity index (χ0) is 10.5. The summed E-state index contributed by atoms with van der Waals surface area (Å²) in [6.07, 6.45) is 4.51. The molecule has 2 saturated heterocycles. The topological polar surface area (TPSA) is 53.2 Å². The van der Waals surface area contributed by atoms with Crippen molar-refractivity contribution in [1.29, 1.82) is 0 Å². The first-order chi connectivity index (χ1) is 7.36. The van der Waals surface area contributed by atoms with Gasteiger partial charge in [-0.15, -0.1) is 0 Å². The van der Waals surface area contributed by atoms with Crippen molar-refractivity contribution in [3.8, 4) is 0 Å². The molecule has 0 saturated carbocycles. The molecule has 3 N–H and O–H groups in total. The molecule has 4 heteroatoms. The highest BCUT2D eigenvalue weighted by Crippen LogP contribution is 2.10. The van der Waals surface area contributed by atoms with Crippen LogP contribution in [-0.4, -0.2) is 38.1 Å². The third-order valence-electron chi connectivity index (χ3n) is 3.40. The molecular formula is C11H21N3O. The number of rotatable bonds is 3. The summed E-state index contributed by atoms with van der Waals surface area (Å²) in [6.45, 7) is 4.05. The smallest absolute Gasteiger partial charge is 0.237 e. The molecule has 4 nitrogen and oxygen atoms in total. The van der Waals surface area contributed by atoms with Crippen molar-refractivity contribution in [1.82, 2.24) is 16.0 Å². The Morgan fingerprint density at radius 2 is 2.00 bits per heavy atom. The van der Waals surface area contributed by atoms with Gasteiger partial charge in [-0.25, -0.2) is 0 Å². The third kappa shape index (κ3) is 3.18. The van der Waals surface area contributed by atoms with Gasteiger partial charge in [0.15, 0.2) is 0 Å². The third-order valence-corrected chi connectivity index (χ3v) is 3.40. The second-order valence-corrected chi connectivity index (χ2v) is 4.59. The van der Waals surface area contributed by atoms with E-state index in [0.717, 1.165) is 39.0 Å². The molecule has 0 aromatic carbocycles. The predicted molar refractivity (Wildman–Crippen MR) is 59.6 cm³/mol. The minimum atomic E-state index is 0.0757. The SMILES string of the molecule is O=C(NCC1CCNCC1)[C@@H]1CCCN1. The highest BCUT2D eigenvalue weighted by Gasteiger charge is 2.22. The molecule has 0 bridgehead atoms. The highest BCUT2D eigenvalue weighted by molar-refractivity contribution is 5.81. The molecule has 15 heavy (non-hydrogen) atoms. The molecule has 86 valence electrons. The maximum absolute atomic E-state index is 11.7. The van der Waals surface area contributed by atoms with E-state index in [9.17, 15) is 4.79 Å². The van der Waals surface area contributed by atoms with Gasteiger partial charge >= 0.3 is 0 Å². The minimum absolute atomic E-state index is 0.0757. The van der Waals surface area contributed by atoms with Crippen LogP contribution in [0.4, 0.5) is 0 Å². The van der Waals surface area contributed by atoms with Crippen LogP contribution >= 0.6 is 0 Å². The van der Waals surface area contributed by atoms with Gasteiger partial charge in [-0.1, -0.05) is 0 Å². The van der Waals surface area contributed by atoms with Crippen molar-refractivity contribution >= 4 is 5.91 Å². The number of carbonyl (C=O) groups is 1. The van der Waals surface area contributed by atoms with Crippen molar-refractivity contribution < 1.29 is 4.79 Å². The first-order valence-corrected chi connectivity index (χ1v) is 6.08. The second-order valence-electron chi connectivity index (χ2n) is 4.59. The standard InChI is InChI=1S/C11H21N3O/c15-11(10-2-1-5-13-10)14-8-9-3-6-12-7-4-9/h9-10,12-13H,1-8H2,(H,14,15)/t10-/m0/s1. The second kappa shape index (κ2) is 5.47. The van der Waals surface area contributed by atoms with Gasteiger partial charge in [-0.2, -0.15) is 0 Å². The Balaban J connectivity index is 1.65. The average Bonchev–Trinajstić information content (AvgIpc) is 2.81. The monoisotopic (exact) mass is 211 g/mol. The summed E-state index contributed by atoms with van der Waals surface area (Å²) in [4.78, 5) is 11.7. The van der Waals surface area contributed by atoms with Gasteiger partial charge in [-0.05, 0) is 51.2 Å². The molecule has 0 aliphatic carbocycles. The fourth-order valence-electron chi connectivity index (χ4n) is 2.36. The Morgan fingerprint density at radius 3 is 2.67 bits per heavy atom. The largest absolute Gasteiger partial charge is 0.354 e. The van der Waals surface area contributed by atoms with E-state index in [2.05, 4.69) is 16.0 Å². The van der Waals surface area contributed by atoms with Crippen LogP contribution in [0.1, 0.15) is 25.7 Å². The fraction of sp³-hybridized carbons (Fsp3) is 0.909. The summed E-state index contributed by atoms with van der Waals surface area (Å²) in [6, 6.07) is 0.0757. The van der Waals surface area contributed by atoms with Crippen molar-refractivity contribution in [2.75, 3.05) is 26.2 Å². The molecule has 0 spiro atoms. The number of nitrogens with one attached hydrogen (secondary N) is 3. The Labute approximate surface area is 91.2 Å². The van der Waals surface area contributed by atoms with Gasteiger partial charge in [0.1, 0.15) is 0 Å². The van der Waals surface area contributed by atoms with E-state index in [4.69, 9.17) is 0 Å². The Kier molecular flexibility index (Phi) is 3.97. The van der Waals surface area contributed by atoms with Gasteiger partial charge in [-0.3, -0.25) is 4.79 Å². The Hall–Kier alpha value is -0.610. The highest BCUT2D eigenvalue weighted by atomic mass is 16.2. The molecule has 1 amide bonds. The van der Waals surface area contributed by atoms with Crippen molar-refractivity contribution in [2.24, 2.45) is 5.92 Å². The van der Waals surface area contributed by atoms with Crippen LogP contribution in [0.25, 0.3) is 0 Å². The van der Waals surface area contributed by atoms with Gasteiger partial charge < -0.3 is 16.0 Å². The summed E-state index contributed by atoms with van der Waals surface area (Å²) in [5, 5.41) is 9.62. The average molecular weight is 211 g/mol. The van der Waals surface area contributed by atoms with Crippen molar-refractivity contribution in [2.45, 2.75) is 31.7 Å². The van der Waals surface area contributed by atoms with Gasteiger partial charge in [0, 0.05) is 6.54 Å².